The first-order valence-electron chi connectivity index (χ1n) is 36.2. The number of aromatic nitrogens is 18. The molecule has 15 heterocycles. The molecular formula is C57H74N24O37P6. The van der Waals surface area contributed by atoms with Gasteiger partial charge in [0.05, 0.1) is 58.6 Å². The van der Waals surface area contributed by atoms with Crippen molar-refractivity contribution in [1.29, 1.82) is 0 Å². The first kappa shape index (κ1) is 89.7. The molecule has 6 aliphatic rings. The Morgan fingerprint density at radius 2 is 0.573 bits per heavy atom. The number of aliphatic hydroxyl groups is 1. The summed E-state index contributed by atoms with van der Waals surface area (Å²) in [5.74, 6) is -2.39. The fourth-order valence-electron chi connectivity index (χ4n) is 14.3. The number of nitrogens with zero attached hydrogens (tertiary/aromatic N) is 15. The number of imidazole rings is 3. The zero-order valence-corrected chi connectivity index (χ0v) is 68.2. The van der Waals surface area contributed by atoms with Crippen LogP contribution < -0.4 is 67.8 Å². The molecule has 0 bridgehead atoms. The van der Waals surface area contributed by atoms with Gasteiger partial charge in [-0.15, -0.1) is 0 Å². The molecule has 5 unspecified atom stereocenters. The minimum absolute atomic E-state index is 0.136. The Balaban J connectivity index is 0.637. The lowest BCUT2D eigenvalue weighted by atomic mass is 10.2. The Hall–Kier alpha value is -9.13. The largest absolute Gasteiger partial charge is 0.472 e. The van der Waals surface area contributed by atoms with Crippen molar-refractivity contribution in [3.8, 4) is 0 Å². The van der Waals surface area contributed by atoms with E-state index in [-0.39, 0.29) is 57.8 Å². The number of hydrogen-bond donors (Lipinski definition) is 17. The number of H-pyrrole nitrogens is 3. The number of ether oxygens (including phenoxy) is 6. The first-order chi connectivity index (χ1) is 58.5. The van der Waals surface area contributed by atoms with Gasteiger partial charge in [-0.1, -0.05) is 0 Å². The normalized spacial score (nSPS) is 29.2. The van der Waals surface area contributed by atoms with Gasteiger partial charge in [-0.25, -0.2) is 42.3 Å². The molecule has 6 aliphatic heterocycles. The van der Waals surface area contributed by atoms with Crippen LogP contribution in [0, 0.1) is 0 Å². The fourth-order valence-corrected chi connectivity index (χ4v) is 19.7. The summed E-state index contributed by atoms with van der Waals surface area (Å²) in [5, 5.41) is 10.2. The van der Waals surface area contributed by atoms with Gasteiger partial charge in [0.2, 0.25) is 35.7 Å². The van der Waals surface area contributed by atoms with Gasteiger partial charge in [0.25, 0.3) is 33.4 Å². The first-order valence-corrected chi connectivity index (χ1v) is 45.3. The predicted octanol–water partition coefficient (Wildman–Crippen LogP) is -3.64. The maximum absolute atomic E-state index is 14.5. The molecule has 0 amide bonds. The Labute approximate surface area is 686 Å². The molecule has 674 valence electrons. The van der Waals surface area contributed by atoms with Crippen LogP contribution in [0.2, 0.25) is 0 Å². The third kappa shape index (κ3) is 20.4. The van der Waals surface area contributed by atoms with Gasteiger partial charge in [-0.05, 0) is 0 Å². The van der Waals surface area contributed by atoms with Crippen molar-refractivity contribution >= 4 is 116 Å². The SMILES string of the molecule is Nc1nc2c(ncn2[C@H]2C[C@H](OP(=O)(O)O)[C@@H](COP(=O)(O)O[C@H]3C[C@H](n4ccc(=O)nc4N)O[C@@H]3COP(=O)(O)O[C@H]3C[C@H](n4cnc5c(=O)[nH]c(N)nc54)O[C@@H]3COP(=O)(O)O[C@H]3C[C@H](n4ccc(=O)nc4N)O[C@@H]3COP(=O)(O)O[C@H]3C[C@H](n4cnc5c(=O)[nH]c(N)nc54)O[C@@H]3COP(=O)(O)O[C@H]3C[C@H](n4ccc(=O)nc4N)O[C@@H]3CO)O2)c(=O)[nH]1. The lowest BCUT2D eigenvalue weighted by Crippen LogP contribution is -2.32. The third-order valence-electron chi connectivity index (χ3n) is 19.7. The predicted molar refractivity (Wildman–Crippen MR) is 405 cm³/mol. The molecule has 67 heteroatoms. The van der Waals surface area contributed by atoms with Gasteiger partial charge in [0.1, 0.15) is 111 Å². The van der Waals surface area contributed by atoms with Crippen molar-refractivity contribution in [2.75, 3.05) is 74.0 Å². The lowest BCUT2D eigenvalue weighted by molar-refractivity contribution is -0.0641. The van der Waals surface area contributed by atoms with E-state index in [9.17, 15) is 95.5 Å². The standard InChI is InChI=1S/C57H74N24O37P6/c58-52-70-46-43(49(86)73-52)64-19-79(46)40-8-23(113-119(89,90)91)29(110-40)14-102-121(94,95)115-24-9-38(77-5-2-35(84)68-56(77)62)108-30(24)15-104-124(100,101)118-27-12-42(81-21-66-45-48(81)72-54(60)75-51(45)88)112-33(27)18-106-122(96,97)116-25-10-39(78-6-3-36(85)69-57(78)63)109-31(25)16-105-123(98,99)117-26-11-41(80-20-65-44-47(80)71-53(59)74-50(44)87)111-32(26)17-103-120(92,93)114-22-7-37(107-28(22)13-82)76-4-1-34(83)67-55(76)61/h1-6,19-33,37-42,82H,7-18H2,(H,92,93)(H,94,95)(H,96,97)(H,98,99)(H,100,101)(H2,61,67,83)(H2,62,68,84)(H2,63,69,85)(H2,89,90,91)(H3,58,70,73,86)(H3,59,71,74,87)(H3,60,72,75,88)/t22-,23-,24-,25-,26-,27-,28+,29+,30+,31+,32+,33+,37+,38+,39+,40+,41+,42+/m0/s1. The molecule has 23 atom stereocenters. The van der Waals surface area contributed by atoms with E-state index in [1.165, 1.54) is 19.9 Å². The minimum Gasteiger partial charge on any atom is -0.394 e. The molecular weight excluding hydrogens is 1800 g/mol. The van der Waals surface area contributed by atoms with Crippen LogP contribution in [-0.2, 0) is 106 Å². The average molecular weight is 1870 g/mol. The molecule has 23 N–H and O–H groups in total. The maximum atomic E-state index is 14.5. The highest BCUT2D eigenvalue weighted by Crippen LogP contribution is 2.57. The summed E-state index contributed by atoms with van der Waals surface area (Å²) in [7, 11) is -33.1. The summed E-state index contributed by atoms with van der Waals surface area (Å²) in [4.78, 5) is 194. The van der Waals surface area contributed by atoms with Crippen LogP contribution in [0.25, 0.3) is 33.5 Å². The molecule has 0 saturated carbocycles. The van der Waals surface area contributed by atoms with Crippen molar-refractivity contribution in [3.05, 3.63) is 118 Å². The van der Waals surface area contributed by atoms with Crippen LogP contribution in [0.1, 0.15) is 75.9 Å². The Bertz CT molecular complexity index is 6230. The Morgan fingerprint density at radius 3 is 0.806 bits per heavy atom. The molecule has 6 saturated heterocycles. The molecule has 124 heavy (non-hydrogen) atoms. The number of rotatable bonds is 34. The van der Waals surface area contributed by atoms with E-state index in [1.807, 2.05) is 0 Å². The van der Waals surface area contributed by atoms with E-state index in [1.54, 1.807) is 0 Å². The van der Waals surface area contributed by atoms with Gasteiger partial charge < -0.3 is 102 Å². The van der Waals surface area contributed by atoms with Gasteiger partial charge in [0, 0.05) is 75.3 Å². The van der Waals surface area contributed by atoms with E-state index >= 15 is 0 Å². The maximum Gasteiger partial charge on any atom is 0.472 e. The summed E-state index contributed by atoms with van der Waals surface area (Å²) >= 11 is 0. The molecule has 0 spiro atoms. The van der Waals surface area contributed by atoms with Gasteiger partial charge in [-0.3, -0.25) is 121 Å². The number of phosphoric acid groups is 6. The molecule has 0 radical (unpaired) electrons. The number of aliphatic hydroxyl groups excluding tert-OH is 1. The summed E-state index contributed by atoms with van der Waals surface area (Å²) in [5.41, 5.74) is 29.5. The third-order valence-corrected chi connectivity index (χ3v) is 25.3. The highest BCUT2D eigenvalue weighted by atomic mass is 31.2. The van der Waals surface area contributed by atoms with Crippen molar-refractivity contribution in [2.45, 2.75) is 149 Å². The fraction of sp³-hybridized carbons (Fsp3) is 0.526. The van der Waals surface area contributed by atoms with Crippen LogP contribution in [0.3, 0.4) is 0 Å². The van der Waals surface area contributed by atoms with Crippen molar-refractivity contribution < 1.29 is 145 Å². The number of anilines is 6. The summed E-state index contributed by atoms with van der Waals surface area (Å²) in [6, 6.07) is 2.97. The van der Waals surface area contributed by atoms with Crippen LogP contribution in [0.15, 0.2) is 84.5 Å². The Kier molecular flexibility index (Phi) is 25.5. The number of hydrogen-bond acceptors (Lipinski definition) is 45. The van der Waals surface area contributed by atoms with Gasteiger partial charge in [-0.2, -0.15) is 29.9 Å². The minimum atomic E-state index is -5.67. The summed E-state index contributed by atoms with van der Waals surface area (Å²) in [6.45, 7) is -6.21. The number of nitrogens with two attached hydrogens (primary N) is 6. The van der Waals surface area contributed by atoms with Gasteiger partial charge in [0.15, 0.2) is 33.5 Å². The number of nitrogens with one attached hydrogen (secondary N) is 3. The van der Waals surface area contributed by atoms with E-state index in [4.69, 9.17) is 113 Å². The van der Waals surface area contributed by atoms with E-state index < -0.39 is 280 Å². The van der Waals surface area contributed by atoms with E-state index in [2.05, 4.69) is 59.8 Å². The van der Waals surface area contributed by atoms with Crippen molar-refractivity contribution in [1.82, 2.24) is 87.2 Å². The van der Waals surface area contributed by atoms with Crippen LogP contribution in [0.4, 0.5) is 35.7 Å². The van der Waals surface area contributed by atoms with Crippen molar-refractivity contribution in [3.63, 3.8) is 0 Å². The second-order valence-corrected chi connectivity index (χ2v) is 36.2. The quantitative estimate of drug-likeness (QED) is 0.0173. The number of nitrogen functional groups attached to an aromatic ring is 6. The molecule has 9 aromatic rings. The van der Waals surface area contributed by atoms with E-state index in [0.717, 1.165) is 63.3 Å². The molecule has 61 nitrogen and oxygen atoms in total. The van der Waals surface area contributed by atoms with Crippen molar-refractivity contribution in [2.24, 2.45) is 0 Å². The zero-order valence-electron chi connectivity index (χ0n) is 62.8. The second kappa shape index (κ2) is 35.2. The Morgan fingerprint density at radius 1 is 0.347 bits per heavy atom. The van der Waals surface area contributed by atoms with Crippen LogP contribution in [0.5, 0.6) is 0 Å². The van der Waals surface area contributed by atoms with E-state index in [0.29, 0.717) is 0 Å². The smallest absolute Gasteiger partial charge is 0.394 e. The summed E-state index contributed by atoms with van der Waals surface area (Å²) < 4.78 is 186. The number of phosphoric ester groups is 6. The molecule has 9 aromatic heterocycles. The molecule has 6 fully saturated rings. The molecule has 0 aromatic carbocycles. The lowest BCUT2D eigenvalue weighted by Gasteiger charge is -2.26. The molecule has 15 rings (SSSR count). The van der Waals surface area contributed by atoms with Gasteiger partial charge >= 0.3 is 46.9 Å². The molecule has 0 aliphatic carbocycles. The van der Waals surface area contributed by atoms with Crippen LogP contribution >= 0.6 is 46.9 Å². The second-order valence-electron chi connectivity index (χ2n) is 28.0. The van der Waals surface area contributed by atoms with Crippen LogP contribution in [-0.4, -0.2) is 239 Å². The highest BCUT2D eigenvalue weighted by molar-refractivity contribution is 7.48. The topological polar surface area (TPSA) is 873 Å². The monoisotopic (exact) mass is 1870 g/mol. The average Bonchev–Trinajstić information content (AvgIpc) is 1.63. The zero-order chi connectivity index (χ0) is 88.6. The summed E-state index contributed by atoms with van der Waals surface area (Å²) in [6.07, 6.45) is -24.2. The highest BCUT2D eigenvalue weighted by Gasteiger charge is 2.52. The number of aromatic amines is 3. The number of fused-ring (bicyclic) bond motifs is 3.